The lowest BCUT2D eigenvalue weighted by molar-refractivity contribution is 0.0591. The van der Waals surface area contributed by atoms with E-state index >= 15 is 0 Å². The number of thiophene rings is 1. The van der Waals surface area contributed by atoms with Gasteiger partial charge in [-0.15, -0.1) is 11.3 Å². The molecular weight excluding hydrogens is 344 g/mol. The van der Waals surface area contributed by atoms with Gasteiger partial charge in [0, 0.05) is 18.0 Å². The molecule has 0 aromatic carbocycles. The van der Waals surface area contributed by atoms with Crippen LogP contribution in [0.3, 0.4) is 0 Å². The Bertz CT molecular complexity index is 1020. The molecule has 0 amide bonds. The molecule has 0 bridgehead atoms. The fourth-order valence-electron chi connectivity index (χ4n) is 3.09. The maximum absolute atomic E-state index is 12.7. The van der Waals surface area contributed by atoms with Gasteiger partial charge < -0.3 is 9.26 Å². The normalized spacial score (nSPS) is 14.6. The van der Waals surface area contributed by atoms with Crippen molar-refractivity contribution in [3.05, 3.63) is 43.7 Å². The van der Waals surface area contributed by atoms with Crippen molar-refractivity contribution in [2.75, 3.05) is 13.7 Å². The van der Waals surface area contributed by atoms with Crippen LogP contribution >= 0.6 is 11.3 Å². The first-order valence-corrected chi connectivity index (χ1v) is 8.69. The predicted molar refractivity (Wildman–Crippen MR) is 90.6 cm³/mol. The van der Waals surface area contributed by atoms with Crippen molar-refractivity contribution in [2.24, 2.45) is 0 Å². The number of hydrogen-bond acceptors (Lipinski definition) is 8. The smallest absolute Gasteiger partial charge is 0.359 e. The fraction of sp³-hybridized carbons (Fsp3) is 0.375. The van der Waals surface area contributed by atoms with Gasteiger partial charge in [0.05, 0.1) is 19.2 Å². The van der Waals surface area contributed by atoms with Crippen LogP contribution in [0.25, 0.3) is 10.9 Å². The molecule has 9 heteroatoms. The molecule has 8 nitrogen and oxygen atoms in total. The minimum absolute atomic E-state index is 0.0454. The van der Waals surface area contributed by atoms with Crippen molar-refractivity contribution in [1.82, 2.24) is 19.8 Å². The molecule has 0 radical (unpaired) electrons. The molecule has 3 aromatic rings. The SMILES string of the molecule is COC(=O)c1nn(CN2CCc3sccc3C2)c(=O)c2noc(C)c12. The van der Waals surface area contributed by atoms with E-state index in [0.29, 0.717) is 11.1 Å². The highest BCUT2D eigenvalue weighted by atomic mass is 32.1. The number of aromatic nitrogens is 3. The van der Waals surface area contributed by atoms with Gasteiger partial charge in [0.15, 0.2) is 11.2 Å². The van der Waals surface area contributed by atoms with E-state index in [1.165, 1.54) is 22.2 Å². The van der Waals surface area contributed by atoms with Crippen molar-refractivity contribution in [3.63, 3.8) is 0 Å². The van der Waals surface area contributed by atoms with E-state index in [9.17, 15) is 9.59 Å². The van der Waals surface area contributed by atoms with Crippen LogP contribution in [0.4, 0.5) is 0 Å². The second-order valence-electron chi connectivity index (χ2n) is 5.92. The molecule has 4 rings (SSSR count). The van der Waals surface area contributed by atoms with E-state index < -0.39 is 5.97 Å². The van der Waals surface area contributed by atoms with Crippen LogP contribution in [0.1, 0.15) is 26.7 Å². The quantitative estimate of drug-likeness (QED) is 0.655. The summed E-state index contributed by atoms with van der Waals surface area (Å²) in [4.78, 5) is 28.3. The average Bonchev–Trinajstić information content (AvgIpc) is 3.23. The van der Waals surface area contributed by atoms with Gasteiger partial charge in [-0.2, -0.15) is 5.10 Å². The van der Waals surface area contributed by atoms with E-state index in [2.05, 4.69) is 26.6 Å². The Labute approximate surface area is 146 Å². The van der Waals surface area contributed by atoms with Crippen LogP contribution < -0.4 is 5.56 Å². The first-order valence-electron chi connectivity index (χ1n) is 7.81. The largest absolute Gasteiger partial charge is 0.464 e. The number of ether oxygens (including phenoxy) is 1. The molecule has 0 N–H and O–H groups in total. The van der Waals surface area contributed by atoms with Crippen LogP contribution in [-0.4, -0.2) is 39.5 Å². The molecule has 3 aromatic heterocycles. The van der Waals surface area contributed by atoms with Crippen molar-refractivity contribution in [1.29, 1.82) is 0 Å². The Morgan fingerprint density at radius 3 is 3.12 bits per heavy atom. The summed E-state index contributed by atoms with van der Waals surface area (Å²) in [5, 5.41) is 10.4. The molecule has 4 heterocycles. The maximum atomic E-state index is 12.7. The molecular formula is C16H16N4O4S. The van der Waals surface area contributed by atoms with Crippen molar-refractivity contribution < 1.29 is 14.1 Å². The molecule has 0 spiro atoms. The lowest BCUT2D eigenvalue weighted by Crippen LogP contribution is -2.37. The average molecular weight is 360 g/mol. The highest BCUT2D eigenvalue weighted by Crippen LogP contribution is 2.24. The molecule has 130 valence electrons. The van der Waals surface area contributed by atoms with E-state index in [1.807, 2.05) is 0 Å². The molecule has 1 aliphatic rings. The Hall–Kier alpha value is -2.52. The van der Waals surface area contributed by atoms with Gasteiger partial charge >= 0.3 is 5.97 Å². The summed E-state index contributed by atoms with van der Waals surface area (Å²) in [6.45, 7) is 3.48. The summed E-state index contributed by atoms with van der Waals surface area (Å²) in [5.41, 5.74) is 1.04. The van der Waals surface area contributed by atoms with Gasteiger partial charge in [-0.3, -0.25) is 9.69 Å². The molecule has 25 heavy (non-hydrogen) atoms. The van der Waals surface area contributed by atoms with Crippen molar-refractivity contribution in [2.45, 2.75) is 26.6 Å². The number of carbonyl (C=O) groups excluding carboxylic acids is 1. The summed E-state index contributed by atoms with van der Waals surface area (Å²) in [6.07, 6.45) is 0.941. The summed E-state index contributed by atoms with van der Waals surface area (Å²) in [7, 11) is 1.27. The van der Waals surface area contributed by atoms with Crippen LogP contribution in [0.5, 0.6) is 0 Å². The van der Waals surface area contributed by atoms with Crippen LogP contribution in [-0.2, 0) is 24.4 Å². The number of hydrogen-bond donors (Lipinski definition) is 0. The van der Waals surface area contributed by atoms with Gasteiger partial charge in [0.2, 0.25) is 0 Å². The molecule has 0 aliphatic carbocycles. The molecule has 0 atom stereocenters. The number of fused-ring (bicyclic) bond motifs is 2. The van der Waals surface area contributed by atoms with Crippen molar-refractivity contribution >= 4 is 28.2 Å². The number of nitrogens with zero attached hydrogens (tertiary/aromatic N) is 4. The topological polar surface area (TPSA) is 90.5 Å². The molecule has 0 saturated carbocycles. The van der Waals surface area contributed by atoms with Gasteiger partial charge in [-0.05, 0) is 30.4 Å². The van der Waals surface area contributed by atoms with Crippen LogP contribution in [0.15, 0.2) is 20.8 Å². The Morgan fingerprint density at radius 2 is 2.32 bits per heavy atom. The number of carbonyl (C=O) groups is 1. The minimum atomic E-state index is -0.621. The summed E-state index contributed by atoms with van der Waals surface area (Å²) in [6, 6.07) is 2.10. The van der Waals surface area contributed by atoms with Gasteiger partial charge in [0.25, 0.3) is 5.56 Å². The first-order chi connectivity index (χ1) is 12.1. The van der Waals surface area contributed by atoms with Gasteiger partial charge in [-0.25, -0.2) is 9.48 Å². The monoisotopic (exact) mass is 360 g/mol. The third-order valence-electron chi connectivity index (χ3n) is 4.36. The van der Waals surface area contributed by atoms with Gasteiger partial charge in [0.1, 0.15) is 5.76 Å². The Balaban J connectivity index is 1.74. The van der Waals surface area contributed by atoms with Crippen LogP contribution in [0, 0.1) is 6.92 Å². The molecule has 0 unspecified atom stereocenters. The highest BCUT2D eigenvalue weighted by molar-refractivity contribution is 7.10. The van der Waals surface area contributed by atoms with E-state index in [4.69, 9.17) is 9.26 Å². The van der Waals surface area contributed by atoms with Crippen molar-refractivity contribution in [3.8, 4) is 0 Å². The van der Waals surface area contributed by atoms with E-state index in [1.54, 1.807) is 18.3 Å². The fourth-order valence-corrected chi connectivity index (χ4v) is 3.98. The first kappa shape index (κ1) is 16.0. The third kappa shape index (κ3) is 2.65. The van der Waals surface area contributed by atoms with Crippen LogP contribution in [0.2, 0.25) is 0 Å². The zero-order valence-electron chi connectivity index (χ0n) is 13.8. The number of esters is 1. The zero-order chi connectivity index (χ0) is 17.6. The third-order valence-corrected chi connectivity index (χ3v) is 5.38. The lowest BCUT2D eigenvalue weighted by Gasteiger charge is -2.26. The number of methoxy groups -OCH3 is 1. The summed E-state index contributed by atoms with van der Waals surface area (Å²) in [5.74, 6) is -0.253. The Morgan fingerprint density at radius 1 is 1.48 bits per heavy atom. The minimum Gasteiger partial charge on any atom is -0.464 e. The Kier molecular flexibility index (Phi) is 3.89. The molecule has 0 saturated heterocycles. The number of rotatable bonds is 3. The second kappa shape index (κ2) is 6.08. The second-order valence-corrected chi connectivity index (χ2v) is 6.92. The molecule has 1 aliphatic heterocycles. The maximum Gasteiger partial charge on any atom is 0.359 e. The standard InChI is InChI=1S/C16H16N4O4S/c1-9-12-13(18-24-9)15(21)20(17-14(12)16(22)23-2)8-19-5-3-11-10(7-19)4-6-25-11/h4,6H,3,5,7-8H2,1-2H3. The predicted octanol–water partition coefficient (Wildman–Crippen LogP) is 1.56. The molecule has 0 fully saturated rings. The lowest BCUT2D eigenvalue weighted by atomic mass is 10.1. The number of aryl methyl sites for hydroxylation is 1. The van der Waals surface area contributed by atoms with E-state index in [-0.39, 0.29) is 23.4 Å². The highest BCUT2D eigenvalue weighted by Gasteiger charge is 2.24. The zero-order valence-corrected chi connectivity index (χ0v) is 14.6. The summed E-state index contributed by atoms with van der Waals surface area (Å²) >= 11 is 1.76. The van der Waals surface area contributed by atoms with E-state index in [0.717, 1.165) is 19.5 Å². The van der Waals surface area contributed by atoms with Gasteiger partial charge in [-0.1, -0.05) is 5.16 Å². The summed E-state index contributed by atoms with van der Waals surface area (Å²) < 4.78 is 11.1.